The number of nitrogens with zero attached hydrogens (tertiary/aromatic N) is 1. The molecule has 2 aliphatic heterocycles. The number of nitrogens with one attached hydrogen (secondary N) is 1. The molecule has 4 atom stereocenters. The van der Waals surface area contributed by atoms with Crippen LogP contribution in [0.15, 0.2) is 34.0 Å². The van der Waals surface area contributed by atoms with Gasteiger partial charge in [0.2, 0.25) is 11.7 Å². The van der Waals surface area contributed by atoms with Gasteiger partial charge in [0.15, 0.2) is 17.7 Å². The SMILES string of the molecule is [2H]C([2H])(OP1(=O)OCc2cccc(OC)c2O1)[C@]1(F)C[C@@H](O)[C@]([2H])(n2cc(F)c(=O)[nH]c2=O)O1. The van der Waals surface area contributed by atoms with Crippen LogP contribution in [0.2, 0.25) is 0 Å². The lowest BCUT2D eigenvalue weighted by molar-refractivity contribution is -0.179. The number of phosphoric acid groups is 1. The zero-order valence-corrected chi connectivity index (χ0v) is 16.6. The molecule has 14 heteroatoms. The van der Waals surface area contributed by atoms with Crippen molar-refractivity contribution in [2.24, 2.45) is 0 Å². The van der Waals surface area contributed by atoms with Crippen molar-refractivity contribution in [3.8, 4) is 11.5 Å². The maximum atomic E-state index is 15.7. The number of aromatic amines is 1. The molecule has 2 aliphatic rings. The van der Waals surface area contributed by atoms with Crippen molar-refractivity contribution in [1.29, 1.82) is 0 Å². The van der Waals surface area contributed by atoms with Gasteiger partial charge < -0.3 is 19.1 Å². The molecular weight excluding hydrogens is 445 g/mol. The van der Waals surface area contributed by atoms with E-state index in [1.54, 1.807) is 12.1 Å². The van der Waals surface area contributed by atoms with Crippen LogP contribution in [0.3, 0.4) is 0 Å². The minimum absolute atomic E-state index is 0.0304. The zero-order chi connectivity index (χ0) is 25.1. The summed E-state index contributed by atoms with van der Waals surface area (Å²) in [6, 6.07) is 4.57. The molecule has 3 heterocycles. The van der Waals surface area contributed by atoms with E-state index in [0.717, 1.165) is 0 Å². The summed E-state index contributed by atoms with van der Waals surface area (Å²) in [5, 5.41) is 10.3. The number of halogens is 2. The second-order valence-electron chi connectivity index (χ2n) is 6.45. The predicted octanol–water partition coefficient (Wildman–Crippen LogP) is 1.36. The first-order chi connectivity index (χ1) is 15.7. The highest BCUT2D eigenvalue weighted by Gasteiger charge is 2.50. The van der Waals surface area contributed by atoms with Crippen LogP contribution in [0.4, 0.5) is 8.78 Å². The fourth-order valence-electron chi connectivity index (χ4n) is 2.89. The Bertz CT molecular complexity index is 1290. The molecule has 0 amide bonds. The molecule has 0 saturated carbocycles. The Morgan fingerprint density at radius 3 is 3.03 bits per heavy atom. The molecule has 0 spiro atoms. The van der Waals surface area contributed by atoms with Crippen LogP contribution in [0.5, 0.6) is 11.5 Å². The zero-order valence-electron chi connectivity index (χ0n) is 18.7. The van der Waals surface area contributed by atoms with Gasteiger partial charge in [0.25, 0.3) is 5.56 Å². The van der Waals surface area contributed by atoms with E-state index in [2.05, 4.69) is 0 Å². The number of H-pyrrole nitrogens is 1. The number of aliphatic hydroxyl groups is 1. The summed E-state index contributed by atoms with van der Waals surface area (Å²) in [4.78, 5) is 24.8. The predicted molar refractivity (Wildman–Crippen MR) is 97.8 cm³/mol. The fourth-order valence-corrected chi connectivity index (χ4v) is 4.01. The number of phosphoric ester groups is 1. The average molecular weight is 465 g/mol. The Labute approximate surface area is 176 Å². The Balaban J connectivity index is 1.64. The number of benzene rings is 1. The largest absolute Gasteiger partial charge is 0.530 e. The Morgan fingerprint density at radius 2 is 2.29 bits per heavy atom. The number of rotatable bonds is 5. The number of para-hydroxylation sites is 1. The molecule has 2 N–H and O–H groups in total. The molecule has 1 unspecified atom stereocenters. The molecule has 4 rings (SSSR count). The van der Waals surface area contributed by atoms with Crippen molar-refractivity contribution in [3.05, 3.63) is 56.6 Å². The third kappa shape index (κ3) is 4.14. The number of hydrogen-bond acceptors (Lipinski definition) is 9. The maximum Gasteiger partial charge on any atom is 0.530 e. The molecule has 1 aromatic heterocycles. The van der Waals surface area contributed by atoms with E-state index in [1.807, 2.05) is 0 Å². The molecule has 1 fully saturated rings. The van der Waals surface area contributed by atoms with Gasteiger partial charge in [-0.2, -0.15) is 4.39 Å². The van der Waals surface area contributed by atoms with Crippen molar-refractivity contribution in [3.63, 3.8) is 0 Å². The van der Waals surface area contributed by atoms with Gasteiger partial charge in [-0.3, -0.25) is 23.4 Å². The quantitative estimate of drug-likeness (QED) is 0.627. The van der Waals surface area contributed by atoms with E-state index in [4.69, 9.17) is 27.2 Å². The van der Waals surface area contributed by atoms with Gasteiger partial charge in [-0.1, -0.05) is 12.1 Å². The summed E-state index contributed by atoms with van der Waals surface area (Å²) >= 11 is 0. The Hall–Kier alpha value is -2.57. The van der Waals surface area contributed by atoms with Gasteiger partial charge in [0.05, 0.1) is 24.0 Å². The molecule has 0 radical (unpaired) electrons. The number of aliphatic hydroxyl groups excluding tert-OH is 1. The first kappa shape index (κ1) is 18.0. The molecule has 31 heavy (non-hydrogen) atoms. The van der Waals surface area contributed by atoms with Crippen molar-refractivity contribution in [2.75, 3.05) is 13.7 Å². The van der Waals surface area contributed by atoms with Crippen molar-refractivity contribution >= 4 is 7.82 Å². The Kier molecular flexibility index (Phi) is 4.56. The Morgan fingerprint density at radius 1 is 1.52 bits per heavy atom. The monoisotopic (exact) mass is 465 g/mol. The minimum Gasteiger partial charge on any atom is -0.493 e. The van der Waals surface area contributed by atoms with Crippen LogP contribution in [0.25, 0.3) is 0 Å². The highest BCUT2D eigenvalue weighted by Crippen LogP contribution is 2.57. The van der Waals surface area contributed by atoms with Gasteiger partial charge >= 0.3 is 13.5 Å². The van der Waals surface area contributed by atoms with Crippen molar-refractivity contribution < 1.29 is 45.6 Å². The van der Waals surface area contributed by atoms with Gasteiger partial charge in [-0.25, -0.2) is 13.8 Å². The minimum atomic E-state index is -4.85. The lowest BCUT2D eigenvalue weighted by Gasteiger charge is -2.28. The number of aromatic nitrogens is 2. The summed E-state index contributed by atoms with van der Waals surface area (Å²) in [5.41, 5.74) is -2.51. The summed E-state index contributed by atoms with van der Waals surface area (Å²) in [5.74, 6) is -5.26. The molecule has 0 bridgehead atoms. The van der Waals surface area contributed by atoms with Crippen LogP contribution in [0, 0.1) is 5.82 Å². The van der Waals surface area contributed by atoms with Gasteiger partial charge in [0.1, 0.15) is 12.7 Å². The first-order valence-corrected chi connectivity index (χ1v) is 10.1. The maximum absolute atomic E-state index is 15.7. The molecule has 1 saturated heterocycles. The highest BCUT2D eigenvalue weighted by atomic mass is 31.2. The van der Waals surface area contributed by atoms with Crippen molar-refractivity contribution in [1.82, 2.24) is 9.55 Å². The topological polar surface area (TPSA) is 138 Å². The van der Waals surface area contributed by atoms with Crippen molar-refractivity contribution in [2.45, 2.75) is 31.2 Å². The first-order valence-electron chi connectivity index (χ1n) is 10.1. The smallest absolute Gasteiger partial charge is 0.493 e. The van der Waals surface area contributed by atoms with Gasteiger partial charge in [-0.15, -0.1) is 0 Å². The number of hydrogen-bond donors (Lipinski definition) is 2. The normalized spacial score (nSPS) is 34.2. The van der Waals surface area contributed by atoms with E-state index >= 15 is 4.39 Å². The van der Waals surface area contributed by atoms with Gasteiger partial charge in [0, 0.05) is 12.0 Å². The second-order valence-corrected chi connectivity index (χ2v) is 7.97. The second kappa shape index (κ2) is 7.84. The highest BCUT2D eigenvalue weighted by molar-refractivity contribution is 7.49. The molecule has 168 valence electrons. The standard InChI is InChI=1S/C17H17F2N2O9P/c1-26-12-4-2-3-9-7-27-31(25,30-13(9)12)28-8-17(19)5-11(22)15(29-17)21-6-10(18)14(23)20-16(21)24/h2-4,6,11,15,22H,5,7-8H2,1H3,(H,20,23,24)/t11-,15-,17+,31?/m1/s1/i8D2,15D. The van der Waals surface area contributed by atoms with Crippen LogP contribution in [-0.4, -0.2) is 40.3 Å². The van der Waals surface area contributed by atoms with Gasteiger partial charge in [-0.05, 0) is 6.07 Å². The number of ether oxygens (including phenoxy) is 2. The lowest BCUT2D eigenvalue weighted by Crippen LogP contribution is -2.37. The number of methoxy groups -OCH3 is 1. The van der Waals surface area contributed by atoms with Crippen LogP contribution >= 0.6 is 7.82 Å². The molecular formula is C17H17F2N2O9P. The molecule has 2 aromatic rings. The third-order valence-corrected chi connectivity index (χ3v) is 5.48. The molecule has 1 aromatic carbocycles. The lowest BCUT2D eigenvalue weighted by atomic mass is 10.2. The van der Waals surface area contributed by atoms with Crippen LogP contribution < -0.4 is 20.5 Å². The molecule has 0 aliphatic carbocycles. The van der Waals surface area contributed by atoms with E-state index in [1.165, 1.54) is 18.2 Å². The van der Waals surface area contributed by atoms with Crippen LogP contribution in [0.1, 0.15) is 22.3 Å². The van der Waals surface area contributed by atoms with E-state index < -0.39 is 56.0 Å². The third-order valence-electron chi connectivity index (χ3n) is 4.31. The van der Waals surface area contributed by atoms with Crippen LogP contribution in [-0.2, 0) is 25.0 Å². The summed E-state index contributed by atoms with van der Waals surface area (Å²) in [7, 11) is -3.56. The molecule has 11 nitrogen and oxygen atoms in total. The summed E-state index contributed by atoms with van der Waals surface area (Å²) < 4.78 is 91.2. The fraction of sp³-hybridized carbons (Fsp3) is 0.412. The van der Waals surface area contributed by atoms with E-state index in [0.29, 0.717) is 5.56 Å². The van der Waals surface area contributed by atoms with E-state index in [-0.39, 0.29) is 28.9 Å². The average Bonchev–Trinajstić information content (AvgIpc) is 3.00. The number of fused-ring (bicyclic) bond motifs is 1. The summed E-state index contributed by atoms with van der Waals surface area (Å²) in [6.45, 7) is -4.08. The number of alkyl halides is 1. The van der Waals surface area contributed by atoms with E-state index in [9.17, 15) is 23.7 Å². The summed E-state index contributed by atoms with van der Waals surface area (Å²) in [6.07, 6.45) is -6.53.